The molecule has 3 radical (unpaired) electrons. The minimum absolute atomic E-state index is 0.00989. The second-order valence-electron chi connectivity index (χ2n) is 12.5. The highest BCUT2D eigenvalue weighted by atomic mass is 28.2. The van der Waals surface area contributed by atoms with Gasteiger partial charge in [-0.1, -0.05) is 20.8 Å². The zero-order valence-electron chi connectivity index (χ0n) is 21.9. The predicted molar refractivity (Wildman–Crippen MR) is 139 cm³/mol. The van der Waals surface area contributed by atoms with Crippen LogP contribution in [0, 0.1) is 31.6 Å². The first-order valence-electron chi connectivity index (χ1n) is 13.0. The monoisotopic (exact) mass is 503 g/mol. The van der Waals surface area contributed by atoms with E-state index >= 15 is 0 Å². The SMILES string of the molecule is Cc1c(C)c(C(C)(C)C)c(C23CC4CC(CC(C4)C2)C3)c(O[Si])c1C(=O)Oc1ccc(C(=O)O)cc1. The van der Waals surface area contributed by atoms with E-state index in [1.807, 2.05) is 6.92 Å². The van der Waals surface area contributed by atoms with Gasteiger partial charge in [-0.05, 0) is 116 Å². The molecular weight excluding hydrogens is 468 g/mol. The predicted octanol–water partition coefficient (Wildman–Crippen LogP) is 6.45. The average Bonchev–Trinajstić information content (AvgIpc) is 2.78. The molecule has 0 aromatic heterocycles. The molecule has 1 N–H and O–H groups in total. The van der Waals surface area contributed by atoms with Crippen LogP contribution in [0.4, 0.5) is 0 Å². The Hall–Kier alpha value is -2.60. The molecule has 6 heteroatoms. The van der Waals surface area contributed by atoms with E-state index in [1.165, 1.54) is 54.7 Å². The van der Waals surface area contributed by atoms with E-state index < -0.39 is 11.9 Å². The van der Waals surface area contributed by atoms with Crippen LogP contribution in [0.5, 0.6) is 11.5 Å². The van der Waals surface area contributed by atoms with Gasteiger partial charge in [-0.2, -0.15) is 0 Å². The van der Waals surface area contributed by atoms with Crippen molar-refractivity contribution in [1.29, 1.82) is 0 Å². The summed E-state index contributed by atoms with van der Waals surface area (Å²) < 4.78 is 11.8. The molecule has 5 nitrogen and oxygen atoms in total. The van der Waals surface area contributed by atoms with Crippen LogP contribution in [0.3, 0.4) is 0 Å². The Labute approximate surface area is 217 Å². The third kappa shape index (κ3) is 4.07. The van der Waals surface area contributed by atoms with Gasteiger partial charge in [0.2, 0.25) is 0 Å². The Morgan fingerprint density at radius 2 is 1.47 bits per heavy atom. The van der Waals surface area contributed by atoms with E-state index in [9.17, 15) is 14.7 Å². The Balaban J connectivity index is 1.66. The van der Waals surface area contributed by atoms with Crippen molar-refractivity contribution >= 4 is 22.4 Å². The van der Waals surface area contributed by atoms with E-state index in [-0.39, 0.29) is 16.4 Å². The molecule has 0 saturated heterocycles. The molecule has 0 atom stereocenters. The second kappa shape index (κ2) is 8.75. The van der Waals surface area contributed by atoms with Crippen molar-refractivity contribution in [3.05, 3.63) is 57.6 Å². The largest absolute Gasteiger partial charge is 0.540 e. The summed E-state index contributed by atoms with van der Waals surface area (Å²) >= 11 is 0. The van der Waals surface area contributed by atoms with Crippen molar-refractivity contribution in [3.63, 3.8) is 0 Å². The second-order valence-corrected chi connectivity index (χ2v) is 12.7. The summed E-state index contributed by atoms with van der Waals surface area (Å²) in [4.78, 5) is 24.9. The summed E-state index contributed by atoms with van der Waals surface area (Å²) in [5, 5.41) is 9.18. The summed E-state index contributed by atoms with van der Waals surface area (Å²) in [5.41, 5.74) is 4.94. The maximum Gasteiger partial charge on any atom is 0.347 e. The van der Waals surface area contributed by atoms with Gasteiger partial charge in [0.1, 0.15) is 17.1 Å². The normalized spacial score (nSPS) is 26.7. The molecule has 4 aliphatic rings. The maximum absolute atomic E-state index is 13.7. The molecular formula is C30H35O5Si. The fourth-order valence-electron chi connectivity index (χ4n) is 8.00. The van der Waals surface area contributed by atoms with Crippen LogP contribution in [0.1, 0.15) is 102 Å². The third-order valence-electron chi connectivity index (χ3n) is 8.95. The van der Waals surface area contributed by atoms with Crippen LogP contribution in [-0.2, 0) is 10.8 Å². The maximum atomic E-state index is 13.7. The Morgan fingerprint density at radius 3 is 1.92 bits per heavy atom. The Kier molecular flexibility index (Phi) is 6.10. The van der Waals surface area contributed by atoms with E-state index in [0.717, 1.165) is 48.1 Å². The van der Waals surface area contributed by atoms with Gasteiger partial charge in [-0.25, -0.2) is 9.59 Å². The summed E-state index contributed by atoms with van der Waals surface area (Å²) in [5.74, 6) is 1.63. The number of carboxylic acids is 1. The number of ether oxygens (including phenoxy) is 1. The lowest BCUT2D eigenvalue weighted by atomic mass is 9.47. The molecule has 4 fully saturated rings. The van der Waals surface area contributed by atoms with Crippen molar-refractivity contribution in [2.45, 2.75) is 84.0 Å². The molecule has 4 bridgehead atoms. The lowest BCUT2D eigenvalue weighted by Gasteiger charge is -2.58. The molecule has 0 amide bonds. The smallest absolute Gasteiger partial charge is 0.347 e. The highest BCUT2D eigenvalue weighted by molar-refractivity contribution is 6.04. The van der Waals surface area contributed by atoms with Gasteiger partial charge in [-0.15, -0.1) is 0 Å². The van der Waals surface area contributed by atoms with Crippen molar-refractivity contribution in [2.75, 3.05) is 0 Å². The summed E-state index contributed by atoms with van der Waals surface area (Å²) in [6, 6.07) is 5.91. The molecule has 0 spiro atoms. The topological polar surface area (TPSA) is 72.8 Å². The lowest BCUT2D eigenvalue weighted by Crippen LogP contribution is -2.49. The van der Waals surface area contributed by atoms with Gasteiger partial charge in [0.15, 0.2) is 0 Å². The first-order chi connectivity index (χ1) is 16.9. The van der Waals surface area contributed by atoms with Crippen molar-refractivity contribution in [2.24, 2.45) is 17.8 Å². The number of hydrogen-bond donors (Lipinski definition) is 1. The van der Waals surface area contributed by atoms with E-state index in [2.05, 4.69) is 38.2 Å². The molecule has 6 rings (SSSR count). The van der Waals surface area contributed by atoms with Crippen LogP contribution in [0.15, 0.2) is 24.3 Å². The van der Waals surface area contributed by atoms with Gasteiger partial charge < -0.3 is 14.3 Å². The van der Waals surface area contributed by atoms with Crippen LogP contribution < -0.4 is 9.16 Å². The van der Waals surface area contributed by atoms with E-state index in [4.69, 9.17) is 9.16 Å². The number of benzene rings is 2. The molecule has 0 unspecified atom stereocenters. The molecule has 2 aromatic carbocycles. The first kappa shape index (κ1) is 25.1. The number of carboxylic acid groups (broad SMARTS) is 1. The van der Waals surface area contributed by atoms with Crippen molar-refractivity contribution < 1.29 is 23.9 Å². The summed E-state index contributed by atoms with van der Waals surface area (Å²) in [6.07, 6.45) is 7.45. The summed E-state index contributed by atoms with van der Waals surface area (Å²) in [6.45, 7) is 10.8. The zero-order valence-corrected chi connectivity index (χ0v) is 22.9. The number of rotatable bonds is 5. The minimum atomic E-state index is -1.02. The summed E-state index contributed by atoms with van der Waals surface area (Å²) in [7, 11) is 3.36. The molecule has 189 valence electrons. The van der Waals surface area contributed by atoms with Crippen LogP contribution in [0.2, 0.25) is 0 Å². The van der Waals surface area contributed by atoms with Crippen molar-refractivity contribution in [3.8, 4) is 11.5 Å². The number of carbonyl (C=O) groups excluding carboxylic acids is 1. The number of aromatic carboxylic acids is 1. The highest BCUT2D eigenvalue weighted by Crippen LogP contribution is 2.63. The van der Waals surface area contributed by atoms with Gasteiger partial charge in [-0.3, -0.25) is 0 Å². The quantitative estimate of drug-likeness (QED) is 0.288. The fraction of sp³-hybridized carbons (Fsp3) is 0.533. The third-order valence-corrected chi connectivity index (χ3v) is 9.16. The van der Waals surface area contributed by atoms with Crippen LogP contribution in [0.25, 0.3) is 0 Å². The highest BCUT2D eigenvalue weighted by Gasteiger charge is 2.54. The van der Waals surface area contributed by atoms with E-state index in [1.54, 1.807) is 0 Å². The Bertz CT molecular complexity index is 1190. The van der Waals surface area contributed by atoms with Gasteiger partial charge in [0.05, 0.1) is 5.56 Å². The number of carbonyl (C=O) groups is 2. The first-order valence-corrected chi connectivity index (χ1v) is 13.4. The standard InChI is InChI=1S/C30H35O5Si/c1-16-17(2)24(29(3,4)5)25(30-13-18-10-19(14-30)12-20(11-18)15-30)26(35-36)23(16)28(33)34-22-8-6-21(7-9-22)27(31)32/h6-9,18-20H,10-15H2,1-5H3,(H,31,32). The lowest BCUT2D eigenvalue weighted by molar-refractivity contribution is -0.00663. The zero-order chi connectivity index (χ0) is 26.0. The average molecular weight is 504 g/mol. The molecule has 0 heterocycles. The number of esters is 1. The molecule has 36 heavy (non-hydrogen) atoms. The molecule has 4 saturated carbocycles. The molecule has 0 aliphatic heterocycles. The van der Waals surface area contributed by atoms with Crippen LogP contribution >= 0.6 is 0 Å². The fourth-order valence-corrected chi connectivity index (χ4v) is 8.21. The molecule has 2 aromatic rings. The van der Waals surface area contributed by atoms with Gasteiger partial charge in [0.25, 0.3) is 0 Å². The van der Waals surface area contributed by atoms with Gasteiger partial charge >= 0.3 is 22.4 Å². The Morgan fingerprint density at radius 1 is 0.944 bits per heavy atom. The van der Waals surface area contributed by atoms with Crippen molar-refractivity contribution in [1.82, 2.24) is 0 Å². The van der Waals surface area contributed by atoms with Gasteiger partial charge in [0, 0.05) is 11.0 Å². The van der Waals surface area contributed by atoms with Crippen LogP contribution in [-0.4, -0.2) is 27.5 Å². The molecule has 4 aliphatic carbocycles. The number of hydrogen-bond acceptors (Lipinski definition) is 4. The van der Waals surface area contributed by atoms with E-state index in [0.29, 0.717) is 17.1 Å². The minimum Gasteiger partial charge on any atom is -0.540 e.